The minimum atomic E-state index is -0.926. The molecule has 0 bridgehead atoms. The maximum Gasteiger partial charge on any atom is 0.317 e. The van der Waals surface area contributed by atoms with Crippen LogP contribution >= 0.6 is 0 Å². The van der Waals surface area contributed by atoms with E-state index in [-0.39, 0.29) is 24.4 Å². The molecule has 2 aliphatic heterocycles. The molecule has 3 N–H and O–H groups in total. The first-order valence-electron chi connectivity index (χ1n) is 17.5. The van der Waals surface area contributed by atoms with E-state index >= 15 is 0 Å². The summed E-state index contributed by atoms with van der Waals surface area (Å²) in [5.74, 6) is -2.94. The van der Waals surface area contributed by atoms with E-state index < -0.39 is 29.2 Å². The zero-order valence-corrected chi connectivity index (χ0v) is 28.5. The molecule has 2 unspecified atom stereocenters. The van der Waals surface area contributed by atoms with Crippen LogP contribution < -0.4 is 10.6 Å². The summed E-state index contributed by atoms with van der Waals surface area (Å²) in [5.41, 5.74) is -0.527. The van der Waals surface area contributed by atoms with Gasteiger partial charge in [0.1, 0.15) is 6.10 Å². The van der Waals surface area contributed by atoms with Crippen molar-refractivity contribution in [3.63, 3.8) is 0 Å². The summed E-state index contributed by atoms with van der Waals surface area (Å²) in [4.78, 5) is 39.6. The van der Waals surface area contributed by atoms with E-state index in [1.165, 1.54) is 70.6 Å². The van der Waals surface area contributed by atoms with Gasteiger partial charge in [0.15, 0.2) is 5.79 Å². The third-order valence-electron chi connectivity index (χ3n) is 9.07. The quantitative estimate of drug-likeness (QED) is 0.0991. The van der Waals surface area contributed by atoms with E-state index in [1.54, 1.807) is 18.7 Å². The smallest absolute Gasteiger partial charge is 0.317 e. The molecule has 254 valence electrons. The number of aliphatic carboxylic acids is 1. The van der Waals surface area contributed by atoms with Crippen LogP contribution in [0.15, 0.2) is 12.2 Å². The second-order valence-corrected chi connectivity index (χ2v) is 14.0. The molecule has 2 atom stereocenters. The molecule has 9 nitrogen and oxygen atoms in total. The normalized spacial score (nSPS) is 20.8. The molecule has 2 aliphatic rings. The first-order chi connectivity index (χ1) is 21.0. The Morgan fingerprint density at radius 3 is 2.02 bits per heavy atom. The van der Waals surface area contributed by atoms with Crippen molar-refractivity contribution in [1.29, 1.82) is 0 Å². The molecular formula is C35H63N3O6. The number of carboxylic acids is 1. The molecule has 44 heavy (non-hydrogen) atoms. The number of piperidine rings is 1. The lowest BCUT2D eigenvalue weighted by Gasteiger charge is -2.45. The SMILES string of the molecule is CCCCCCCCC=CCCCCCCCNC(=O)N1CCC(C(CNC(=O)C2OC(C)(C)OCC2(C)C)C(=O)O)CC1. The van der Waals surface area contributed by atoms with Crippen LogP contribution in [0.5, 0.6) is 0 Å². The number of ether oxygens (including phenoxy) is 2. The number of amides is 3. The number of carbonyl (C=O) groups is 3. The third kappa shape index (κ3) is 14.3. The molecule has 2 heterocycles. The second kappa shape index (κ2) is 20.1. The largest absolute Gasteiger partial charge is 0.481 e. The van der Waals surface area contributed by atoms with Crippen molar-refractivity contribution in [2.24, 2.45) is 17.3 Å². The number of allylic oxidation sites excluding steroid dienone is 2. The molecule has 2 fully saturated rings. The Hall–Kier alpha value is -2.13. The van der Waals surface area contributed by atoms with E-state index in [9.17, 15) is 19.5 Å². The lowest BCUT2D eigenvalue weighted by Crippen LogP contribution is -2.57. The van der Waals surface area contributed by atoms with Crippen molar-refractivity contribution in [1.82, 2.24) is 15.5 Å². The molecule has 9 heteroatoms. The van der Waals surface area contributed by atoms with Gasteiger partial charge < -0.3 is 30.1 Å². The van der Waals surface area contributed by atoms with Gasteiger partial charge in [0.05, 0.1) is 12.5 Å². The van der Waals surface area contributed by atoms with Gasteiger partial charge in [-0.25, -0.2) is 4.79 Å². The minimum absolute atomic E-state index is 0.0394. The Morgan fingerprint density at radius 2 is 1.43 bits per heavy atom. The summed E-state index contributed by atoms with van der Waals surface area (Å²) in [7, 11) is 0. The highest BCUT2D eigenvalue weighted by Crippen LogP contribution is 2.35. The Balaban J connectivity index is 1.56. The molecule has 0 saturated carbocycles. The highest BCUT2D eigenvalue weighted by atomic mass is 16.7. The lowest BCUT2D eigenvalue weighted by atomic mass is 9.83. The number of rotatable bonds is 20. The minimum Gasteiger partial charge on any atom is -0.481 e. The number of hydrogen-bond acceptors (Lipinski definition) is 5. The van der Waals surface area contributed by atoms with E-state index in [0.29, 0.717) is 39.1 Å². The number of urea groups is 1. The van der Waals surface area contributed by atoms with E-state index in [1.807, 2.05) is 13.8 Å². The third-order valence-corrected chi connectivity index (χ3v) is 9.07. The van der Waals surface area contributed by atoms with Crippen LogP contribution in [-0.4, -0.2) is 72.6 Å². The van der Waals surface area contributed by atoms with Crippen molar-refractivity contribution in [3.8, 4) is 0 Å². The van der Waals surface area contributed by atoms with Gasteiger partial charge in [0.2, 0.25) is 5.91 Å². The highest BCUT2D eigenvalue weighted by molar-refractivity contribution is 5.82. The summed E-state index contributed by atoms with van der Waals surface area (Å²) in [6.07, 6.45) is 21.4. The van der Waals surface area contributed by atoms with Crippen LogP contribution in [0.2, 0.25) is 0 Å². The van der Waals surface area contributed by atoms with Crippen LogP contribution in [0.25, 0.3) is 0 Å². The maximum atomic E-state index is 13.0. The zero-order chi connectivity index (χ0) is 32.4. The number of carbonyl (C=O) groups excluding carboxylic acids is 2. The number of likely N-dealkylation sites (tertiary alicyclic amines) is 1. The van der Waals surface area contributed by atoms with E-state index in [2.05, 4.69) is 29.7 Å². The monoisotopic (exact) mass is 621 g/mol. The van der Waals surface area contributed by atoms with Gasteiger partial charge in [0.25, 0.3) is 0 Å². The van der Waals surface area contributed by atoms with Gasteiger partial charge in [-0.05, 0) is 64.7 Å². The number of hydrogen-bond donors (Lipinski definition) is 3. The van der Waals surface area contributed by atoms with Gasteiger partial charge in [-0.15, -0.1) is 0 Å². The molecule has 0 aromatic rings. The molecular weight excluding hydrogens is 558 g/mol. The Labute approximate surface area is 267 Å². The topological polar surface area (TPSA) is 117 Å². The van der Waals surface area contributed by atoms with Gasteiger partial charge in [-0.1, -0.05) is 84.3 Å². The molecule has 2 saturated heterocycles. The summed E-state index contributed by atoms with van der Waals surface area (Å²) >= 11 is 0. The van der Waals surface area contributed by atoms with E-state index in [0.717, 1.165) is 12.8 Å². The molecule has 3 amide bonds. The first-order valence-corrected chi connectivity index (χ1v) is 17.5. The predicted molar refractivity (Wildman–Crippen MR) is 175 cm³/mol. The van der Waals surface area contributed by atoms with E-state index in [4.69, 9.17) is 9.47 Å². The molecule has 0 aromatic carbocycles. The molecule has 0 spiro atoms. The van der Waals surface area contributed by atoms with Gasteiger partial charge in [-0.2, -0.15) is 0 Å². The number of carboxylic acid groups (broad SMARTS) is 1. The zero-order valence-electron chi connectivity index (χ0n) is 28.5. The van der Waals surface area contributed by atoms with Crippen molar-refractivity contribution in [2.75, 3.05) is 32.8 Å². The first kappa shape index (κ1) is 38.1. The van der Waals surface area contributed by atoms with Crippen LogP contribution in [0.4, 0.5) is 4.79 Å². The summed E-state index contributed by atoms with van der Waals surface area (Å²) in [6, 6.07) is -0.0689. The van der Waals surface area contributed by atoms with Crippen molar-refractivity contribution >= 4 is 17.9 Å². The number of nitrogens with zero attached hydrogens (tertiary/aromatic N) is 1. The van der Waals surface area contributed by atoms with Gasteiger partial charge in [0, 0.05) is 31.6 Å². The van der Waals surface area contributed by atoms with Crippen LogP contribution in [-0.2, 0) is 19.1 Å². The van der Waals surface area contributed by atoms with Crippen molar-refractivity contribution in [2.45, 2.75) is 143 Å². The Morgan fingerprint density at radius 1 is 0.864 bits per heavy atom. The van der Waals surface area contributed by atoms with Crippen LogP contribution in [0.1, 0.15) is 131 Å². The number of unbranched alkanes of at least 4 members (excludes halogenated alkanes) is 11. The summed E-state index contributed by atoms with van der Waals surface area (Å²) in [6.45, 7) is 11.7. The molecule has 0 aliphatic carbocycles. The fourth-order valence-electron chi connectivity index (χ4n) is 6.09. The fourth-order valence-corrected chi connectivity index (χ4v) is 6.09. The standard InChI is InChI=1S/C35H63N3O6/c1-6-7-8-9-10-11-12-13-14-15-16-17-18-19-20-23-36-33(42)38-24-21-28(22-25-38)29(32(40)41)26-37-31(39)30-34(2,3)27-43-35(4,5)44-30/h13-14,28-30H,6-12,15-27H2,1-5H3,(H,36,42)(H,37,39)(H,40,41). The number of nitrogens with one attached hydrogen (secondary N) is 2. The average Bonchev–Trinajstić information content (AvgIpc) is 2.98. The average molecular weight is 622 g/mol. The fraction of sp³-hybridized carbons (Fsp3) is 0.857. The Kier molecular flexibility index (Phi) is 17.4. The second-order valence-electron chi connectivity index (χ2n) is 14.0. The molecule has 2 rings (SSSR count). The van der Waals surface area contributed by atoms with Crippen molar-refractivity contribution in [3.05, 3.63) is 12.2 Å². The van der Waals surface area contributed by atoms with Crippen LogP contribution in [0.3, 0.4) is 0 Å². The Bertz CT molecular complexity index is 882. The molecule has 0 aromatic heterocycles. The van der Waals surface area contributed by atoms with Gasteiger partial charge >= 0.3 is 12.0 Å². The van der Waals surface area contributed by atoms with Crippen LogP contribution in [0, 0.1) is 17.3 Å². The lowest BCUT2D eigenvalue weighted by molar-refractivity contribution is -0.304. The summed E-state index contributed by atoms with van der Waals surface area (Å²) in [5, 5.41) is 15.8. The predicted octanol–water partition coefficient (Wildman–Crippen LogP) is 7.05. The molecule has 0 radical (unpaired) electrons. The van der Waals surface area contributed by atoms with Gasteiger partial charge in [-0.3, -0.25) is 9.59 Å². The maximum absolute atomic E-state index is 13.0. The highest BCUT2D eigenvalue weighted by Gasteiger charge is 2.46. The van der Waals surface area contributed by atoms with Crippen molar-refractivity contribution < 1.29 is 29.0 Å². The summed E-state index contributed by atoms with van der Waals surface area (Å²) < 4.78 is 11.6.